The zero-order chi connectivity index (χ0) is 18.5. The Hall–Kier alpha value is -2.83. The van der Waals surface area contributed by atoms with Gasteiger partial charge in [0.05, 0.1) is 11.4 Å². The molecule has 1 aromatic heterocycles. The van der Waals surface area contributed by atoms with Gasteiger partial charge < -0.3 is 5.11 Å². The Morgan fingerprint density at radius 3 is 2.38 bits per heavy atom. The van der Waals surface area contributed by atoms with Crippen LogP contribution < -0.4 is 11.2 Å². The minimum atomic E-state index is -0.673. The molecule has 7 heteroatoms. The number of aromatic hydroxyl groups is 1. The maximum atomic E-state index is 12.4. The van der Waals surface area contributed by atoms with Crippen LogP contribution in [0.3, 0.4) is 0 Å². The topological polar surface area (TPSA) is 90.7 Å². The maximum absolute atomic E-state index is 12.4. The van der Waals surface area contributed by atoms with Crippen LogP contribution in [-0.2, 0) is 0 Å². The summed E-state index contributed by atoms with van der Waals surface area (Å²) in [5.41, 5.74) is -0.268. The number of hydrogen-bond acceptors (Lipinski definition) is 5. The van der Waals surface area contributed by atoms with Gasteiger partial charge in [0.25, 0.3) is 5.56 Å². The lowest BCUT2D eigenvalue weighted by atomic mass is 10.1. The zero-order valence-corrected chi connectivity index (χ0v) is 14.9. The van der Waals surface area contributed by atoms with Gasteiger partial charge in [-0.15, -0.1) is 0 Å². The van der Waals surface area contributed by atoms with Gasteiger partial charge >= 0.3 is 5.69 Å². The monoisotopic (exact) mass is 356 g/mol. The maximum Gasteiger partial charge on any atom is 0.335 e. The van der Waals surface area contributed by atoms with E-state index in [1.54, 1.807) is 24.3 Å². The molecule has 2 aromatic rings. The molecule has 1 aliphatic rings. The first-order chi connectivity index (χ1) is 12.6. The van der Waals surface area contributed by atoms with E-state index in [0.717, 1.165) is 30.5 Å². The number of nitrogens with one attached hydrogen (secondary N) is 1. The summed E-state index contributed by atoms with van der Waals surface area (Å²) in [6.07, 6.45) is 4.95. The third-order valence-electron chi connectivity index (χ3n) is 4.57. The Kier molecular flexibility index (Phi) is 5.55. The summed E-state index contributed by atoms with van der Waals surface area (Å²) in [5, 5.41) is 17.3. The summed E-state index contributed by atoms with van der Waals surface area (Å²) in [6, 6.07) is 8.73. The molecule has 1 aromatic carbocycles. The van der Waals surface area contributed by atoms with E-state index in [9.17, 15) is 14.7 Å². The Morgan fingerprint density at radius 2 is 1.77 bits per heavy atom. The Labute approximate surface area is 151 Å². The summed E-state index contributed by atoms with van der Waals surface area (Å²) >= 11 is 0. The summed E-state index contributed by atoms with van der Waals surface area (Å²) in [4.78, 5) is 27.0. The molecule has 0 atom stereocenters. The second kappa shape index (κ2) is 8.03. The van der Waals surface area contributed by atoms with Crippen LogP contribution in [0.2, 0.25) is 0 Å². The highest BCUT2D eigenvalue weighted by molar-refractivity contribution is 6.01. The largest absolute Gasteiger partial charge is 0.493 e. The summed E-state index contributed by atoms with van der Waals surface area (Å²) in [6.45, 7) is 3.55. The third-order valence-corrected chi connectivity index (χ3v) is 4.57. The van der Waals surface area contributed by atoms with Gasteiger partial charge in [0, 0.05) is 13.1 Å². The minimum Gasteiger partial charge on any atom is -0.493 e. The summed E-state index contributed by atoms with van der Waals surface area (Å²) in [5.74, 6) is -0.375. The van der Waals surface area contributed by atoms with Crippen LogP contribution >= 0.6 is 0 Å². The fourth-order valence-electron chi connectivity index (χ4n) is 3.22. The second-order valence-electron chi connectivity index (χ2n) is 6.40. The second-order valence-corrected chi connectivity index (χ2v) is 6.40. The molecule has 0 spiro atoms. The average molecular weight is 356 g/mol. The van der Waals surface area contributed by atoms with Crippen molar-refractivity contribution in [3.8, 4) is 11.6 Å². The molecule has 1 saturated heterocycles. The molecule has 0 radical (unpaired) electrons. The van der Waals surface area contributed by atoms with Crippen molar-refractivity contribution in [2.75, 3.05) is 13.1 Å². The highest BCUT2D eigenvalue weighted by atomic mass is 16.3. The third kappa shape index (κ3) is 3.71. The molecule has 0 bridgehead atoms. The first-order valence-corrected chi connectivity index (χ1v) is 9.08. The van der Waals surface area contributed by atoms with Crippen LogP contribution in [0.5, 0.6) is 5.88 Å². The molecule has 7 nitrogen and oxygen atoms in total. The predicted molar refractivity (Wildman–Crippen MR) is 101 cm³/mol. The standard InChI is InChI=1S/C19H24N4O3/c1-2-15(21-22-12-8-3-4-9-13-22)16-17(24)20-19(26)23(18(16)25)14-10-6-5-7-11-14/h5-7,10-11,25H,2-4,8-9,12-13H2,1H3,(H,20,24,26). The molecule has 26 heavy (non-hydrogen) atoms. The quantitative estimate of drug-likeness (QED) is 0.822. The van der Waals surface area contributed by atoms with Crippen molar-refractivity contribution in [1.82, 2.24) is 14.6 Å². The Morgan fingerprint density at radius 1 is 1.12 bits per heavy atom. The summed E-state index contributed by atoms with van der Waals surface area (Å²) < 4.78 is 1.10. The van der Waals surface area contributed by atoms with Gasteiger partial charge in [-0.2, -0.15) is 5.10 Å². The molecule has 0 saturated carbocycles. The summed E-state index contributed by atoms with van der Waals surface area (Å²) in [7, 11) is 0. The highest BCUT2D eigenvalue weighted by Crippen LogP contribution is 2.19. The number of aromatic nitrogens is 2. The van der Waals surface area contributed by atoms with Crippen LogP contribution in [0.1, 0.15) is 44.6 Å². The molecular weight excluding hydrogens is 332 g/mol. The van der Waals surface area contributed by atoms with E-state index in [-0.39, 0.29) is 11.4 Å². The van der Waals surface area contributed by atoms with Crippen LogP contribution in [0, 0.1) is 0 Å². The first kappa shape index (κ1) is 18.0. The van der Waals surface area contributed by atoms with Gasteiger partial charge in [0.2, 0.25) is 5.88 Å². The van der Waals surface area contributed by atoms with E-state index >= 15 is 0 Å². The van der Waals surface area contributed by atoms with E-state index in [1.807, 2.05) is 18.0 Å². The van der Waals surface area contributed by atoms with Crippen molar-refractivity contribution in [2.24, 2.45) is 5.10 Å². The number of H-pyrrole nitrogens is 1. The molecule has 0 unspecified atom stereocenters. The van der Waals surface area contributed by atoms with E-state index in [1.165, 1.54) is 12.8 Å². The highest BCUT2D eigenvalue weighted by Gasteiger charge is 2.20. The van der Waals surface area contributed by atoms with Crippen LogP contribution in [0.15, 0.2) is 45.0 Å². The molecular formula is C19H24N4O3. The van der Waals surface area contributed by atoms with Crippen LogP contribution in [0.25, 0.3) is 5.69 Å². The van der Waals surface area contributed by atoms with E-state index in [2.05, 4.69) is 10.1 Å². The predicted octanol–water partition coefficient (Wildman–Crippen LogP) is 2.22. The van der Waals surface area contributed by atoms with E-state index in [4.69, 9.17) is 0 Å². The molecule has 0 aliphatic carbocycles. The van der Waals surface area contributed by atoms with Crippen molar-refractivity contribution in [3.63, 3.8) is 0 Å². The van der Waals surface area contributed by atoms with Crippen molar-refractivity contribution in [2.45, 2.75) is 39.0 Å². The van der Waals surface area contributed by atoms with Gasteiger partial charge in [0.1, 0.15) is 5.56 Å². The lowest BCUT2D eigenvalue weighted by molar-refractivity contribution is 0.300. The van der Waals surface area contributed by atoms with E-state index in [0.29, 0.717) is 17.8 Å². The molecule has 0 amide bonds. The van der Waals surface area contributed by atoms with Crippen molar-refractivity contribution < 1.29 is 5.11 Å². The fourth-order valence-corrected chi connectivity index (χ4v) is 3.22. The lowest BCUT2D eigenvalue weighted by Gasteiger charge is -2.19. The first-order valence-electron chi connectivity index (χ1n) is 9.08. The fraction of sp³-hybridized carbons (Fsp3) is 0.421. The lowest BCUT2D eigenvalue weighted by Crippen LogP contribution is -2.34. The molecule has 3 rings (SSSR count). The van der Waals surface area contributed by atoms with Gasteiger partial charge in [-0.05, 0) is 31.4 Å². The van der Waals surface area contributed by atoms with Crippen molar-refractivity contribution >= 4 is 5.71 Å². The van der Waals surface area contributed by atoms with Crippen molar-refractivity contribution in [3.05, 3.63) is 56.7 Å². The Bertz CT molecular complexity index is 891. The normalized spacial score (nSPS) is 15.7. The minimum absolute atomic E-state index is 0.0557. The van der Waals surface area contributed by atoms with Crippen LogP contribution in [0.4, 0.5) is 0 Å². The molecule has 2 N–H and O–H groups in total. The number of hydrogen-bond donors (Lipinski definition) is 2. The number of para-hydroxylation sites is 1. The van der Waals surface area contributed by atoms with Crippen molar-refractivity contribution in [1.29, 1.82) is 0 Å². The Balaban J connectivity index is 2.11. The van der Waals surface area contributed by atoms with Crippen LogP contribution in [-0.4, -0.2) is 38.5 Å². The SMILES string of the molecule is CCC(=NN1CCCCCC1)c1c(O)n(-c2ccccc2)c(=O)[nH]c1=O. The molecule has 1 aliphatic heterocycles. The average Bonchev–Trinajstić information content (AvgIpc) is 2.90. The number of benzene rings is 1. The molecule has 138 valence electrons. The number of nitrogens with zero attached hydrogens (tertiary/aromatic N) is 3. The van der Waals surface area contributed by atoms with Gasteiger partial charge in [-0.25, -0.2) is 9.36 Å². The van der Waals surface area contributed by atoms with E-state index < -0.39 is 11.2 Å². The smallest absolute Gasteiger partial charge is 0.335 e. The van der Waals surface area contributed by atoms with Gasteiger partial charge in [-0.1, -0.05) is 38.0 Å². The number of rotatable bonds is 4. The molecule has 1 fully saturated rings. The number of aromatic amines is 1. The van der Waals surface area contributed by atoms with Gasteiger partial charge in [-0.3, -0.25) is 14.8 Å². The molecule has 2 heterocycles. The zero-order valence-electron chi connectivity index (χ0n) is 14.9. The van der Waals surface area contributed by atoms with Gasteiger partial charge in [0.15, 0.2) is 0 Å². The number of hydrazone groups is 1.